The summed E-state index contributed by atoms with van der Waals surface area (Å²) in [4.78, 5) is 8.16. The minimum Gasteiger partial charge on any atom is -0.261 e. The molecule has 0 saturated carbocycles. The van der Waals surface area contributed by atoms with E-state index < -0.39 is 0 Å². The van der Waals surface area contributed by atoms with Gasteiger partial charge in [-0.3, -0.25) is 9.97 Å². The Kier molecular flexibility index (Phi) is 6.80. The number of pyridine rings is 2. The van der Waals surface area contributed by atoms with Gasteiger partial charge in [0.1, 0.15) is 0 Å². The van der Waals surface area contributed by atoms with E-state index in [1.807, 2.05) is 52.2 Å². The summed E-state index contributed by atoms with van der Waals surface area (Å²) in [6.45, 7) is 8.04. The molecule has 2 heterocycles. The van der Waals surface area contributed by atoms with Crippen LogP contribution in [0.1, 0.15) is 29.9 Å². The van der Waals surface area contributed by atoms with Gasteiger partial charge in [0.2, 0.25) is 0 Å². The van der Waals surface area contributed by atoms with E-state index in [9.17, 15) is 0 Å². The molecule has 0 aromatic carbocycles. The molecule has 0 spiro atoms. The van der Waals surface area contributed by atoms with E-state index in [1.165, 1.54) is 11.1 Å². The molecule has 0 N–H and O–H groups in total. The van der Waals surface area contributed by atoms with Crippen LogP contribution < -0.4 is 0 Å². The lowest BCUT2D eigenvalue weighted by Gasteiger charge is -1.89. The Morgan fingerprint density at radius 2 is 1.00 bits per heavy atom. The molecule has 0 aliphatic heterocycles. The normalized spacial score (nSPS) is 8.71. The van der Waals surface area contributed by atoms with E-state index in [1.54, 1.807) is 0 Å². The summed E-state index contributed by atoms with van der Waals surface area (Å²) >= 11 is 0. The number of rotatable bonds is 0. The van der Waals surface area contributed by atoms with E-state index in [4.69, 9.17) is 0 Å². The molecule has 17 heavy (non-hydrogen) atoms. The summed E-state index contributed by atoms with van der Waals surface area (Å²) in [6.07, 6.45) is 3.74. The Hall–Kier alpha value is -1.70. The smallest absolute Gasteiger partial charge is 0.0372 e. The van der Waals surface area contributed by atoms with Crippen molar-refractivity contribution in [2.24, 2.45) is 0 Å². The largest absolute Gasteiger partial charge is 0.261 e. The van der Waals surface area contributed by atoms with Gasteiger partial charge >= 0.3 is 0 Å². The van der Waals surface area contributed by atoms with E-state index in [-0.39, 0.29) is 7.43 Å². The van der Waals surface area contributed by atoms with Gasteiger partial charge < -0.3 is 0 Å². The van der Waals surface area contributed by atoms with Crippen LogP contribution in [0.4, 0.5) is 0 Å². The van der Waals surface area contributed by atoms with Gasteiger partial charge in [-0.2, -0.15) is 0 Å². The van der Waals surface area contributed by atoms with Gasteiger partial charge in [0.25, 0.3) is 0 Å². The second-order valence-corrected chi connectivity index (χ2v) is 3.95. The molecule has 92 valence electrons. The molecule has 2 heteroatoms. The maximum absolute atomic E-state index is 4.08. The lowest BCUT2D eigenvalue weighted by Crippen LogP contribution is -1.78. The number of hydrogen-bond donors (Lipinski definition) is 0. The number of aromatic nitrogens is 2. The maximum atomic E-state index is 4.08. The summed E-state index contributed by atoms with van der Waals surface area (Å²) < 4.78 is 0. The van der Waals surface area contributed by atoms with Crippen molar-refractivity contribution in [3.05, 3.63) is 59.2 Å². The molecular weight excluding hydrogens is 208 g/mol. The van der Waals surface area contributed by atoms with Crippen molar-refractivity contribution in [1.29, 1.82) is 0 Å². The van der Waals surface area contributed by atoms with Crippen LogP contribution in [0.3, 0.4) is 0 Å². The molecule has 0 aliphatic rings. The summed E-state index contributed by atoms with van der Waals surface area (Å²) in [6, 6.07) is 8.13. The predicted molar refractivity (Wildman–Crippen MR) is 74.2 cm³/mol. The molecule has 0 fully saturated rings. The van der Waals surface area contributed by atoms with E-state index in [0.717, 1.165) is 11.4 Å². The highest BCUT2D eigenvalue weighted by Gasteiger charge is 1.81. The van der Waals surface area contributed by atoms with Crippen molar-refractivity contribution in [2.75, 3.05) is 0 Å². The average Bonchev–Trinajstić information content (AvgIpc) is 2.28. The SMILES string of the molecule is C.Cc1ccc(C)nc1.Cc1ccc(C)nc1. The first-order valence-electron chi connectivity index (χ1n) is 5.36. The second-order valence-electron chi connectivity index (χ2n) is 3.95. The van der Waals surface area contributed by atoms with Crippen molar-refractivity contribution in [1.82, 2.24) is 9.97 Å². The fourth-order valence-corrected chi connectivity index (χ4v) is 1.08. The fraction of sp³-hybridized carbons (Fsp3) is 0.333. The molecule has 0 saturated heterocycles. The van der Waals surface area contributed by atoms with Crippen LogP contribution in [0.15, 0.2) is 36.7 Å². The molecule has 0 atom stereocenters. The number of aryl methyl sites for hydroxylation is 4. The van der Waals surface area contributed by atoms with Crippen LogP contribution in [-0.2, 0) is 0 Å². The van der Waals surface area contributed by atoms with Crippen molar-refractivity contribution in [3.8, 4) is 0 Å². The first kappa shape index (κ1) is 15.3. The quantitative estimate of drug-likeness (QED) is 0.682. The van der Waals surface area contributed by atoms with Crippen LogP contribution in [0.5, 0.6) is 0 Å². The highest BCUT2D eigenvalue weighted by Crippen LogP contribution is 1.95. The van der Waals surface area contributed by atoms with Crippen molar-refractivity contribution >= 4 is 0 Å². The molecule has 0 amide bonds. The summed E-state index contributed by atoms with van der Waals surface area (Å²) in [5.41, 5.74) is 4.59. The third-order valence-corrected chi connectivity index (χ3v) is 2.12. The van der Waals surface area contributed by atoms with Gasteiger partial charge in [-0.05, 0) is 51.0 Å². The van der Waals surface area contributed by atoms with E-state index in [0.29, 0.717) is 0 Å². The van der Waals surface area contributed by atoms with Gasteiger partial charge in [0.15, 0.2) is 0 Å². The van der Waals surface area contributed by atoms with Crippen LogP contribution in [0, 0.1) is 27.7 Å². The Bertz CT molecular complexity index is 330. The minimum atomic E-state index is 0. The number of nitrogens with zero attached hydrogens (tertiary/aromatic N) is 2. The Balaban J connectivity index is 0.000000284. The third-order valence-electron chi connectivity index (χ3n) is 2.12. The molecular formula is C15H22N2. The highest BCUT2D eigenvalue weighted by atomic mass is 14.7. The zero-order valence-corrected chi connectivity index (χ0v) is 10.4. The highest BCUT2D eigenvalue weighted by molar-refractivity contribution is 5.11. The van der Waals surface area contributed by atoms with Gasteiger partial charge in [0, 0.05) is 23.8 Å². The minimum absolute atomic E-state index is 0. The van der Waals surface area contributed by atoms with E-state index in [2.05, 4.69) is 22.1 Å². The zero-order valence-electron chi connectivity index (χ0n) is 10.4. The molecule has 0 radical (unpaired) electrons. The van der Waals surface area contributed by atoms with Crippen molar-refractivity contribution in [2.45, 2.75) is 35.1 Å². The lowest BCUT2D eigenvalue weighted by atomic mass is 10.3. The second kappa shape index (κ2) is 7.55. The monoisotopic (exact) mass is 230 g/mol. The molecule has 2 aromatic rings. The Morgan fingerprint density at radius 3 is 1.18 bits per heavy atom. The Labute approximate surface area is 105 Å². The predicted octanol–water partition coefficient (Wildman–Crippen LogP) is 4.03. The number of hydrogen-bond acceptors (Lipinski definition) is 2. The van der Waals surface area contributed by atoms with Gasteiger partial charge in [-0.25, -0.2) is 0 Å². The van der Waals surface area contributed by atoms with E-state index >= 15 is 0 Å². The van der Waals surface area contributed by atoms with Crippen LogP contribution >= 0.6 is 0 Å². The van der Waals surface area contributed by atoms with Crippen LogP contribution in [0.25, 0.3) is 0 Å². The standard InChI is InChI=1S/2C7H9N.CH4/c2*1-6-3-4-7(2)8-5-6;/h2*3-5H,1-2H3;1H4. The van der Waals surface area contributed by atoms with Crippen molar-refractivity contribution in [3.63, 3.8) is 0 Å². The zero-order chi connectivity index (χ0) is 12.0. The lowest BCUT2D eigenvalue weighted by molar-refractivity contribution is 1.17. The van der Waals surface area contributed by atoms with Gasteiger partial charge in [-0.15, -0.1) is 0 Å². The van der Waals surface area contributed by atoms with Crippen LogP contribution in [-0.4, -0.2) is 9.97 Å². The molecule has 0 aliphatic carbocycles. The maximum Gasteiger partial charge on any atom is 0.0372 e. The topological polar surface area (TPSA) is 25.8 Å². The van der Waals surface area contributed by atoms with Crippen molar-refractivity contribution < 1.29 is 0 Å². The molecule has 0 bridgehead atoms. The fourth-order valence-electron chi connectivity index (χ4n) is 1.08. The molecule has 2 aromatic heterocycles. The van der Waals surface area contributed by atoms with Gasteiger partial charge in [0.05, 0.1) is 0 Å². The summed E-state index contributed by atoms with van der Waals surface area (Å²) in [5.74, 6) is 0. The van der Waals surface area contributed by atoms with Crippen LogP contribution in [0.2, 0.25) is 0 Å². The molecule has 2 rings (SSSR count). The molecule has 0 unspecified atom stereocenters. The summed E-state index contributed by atoms with van der Waals surface area (Å²) in [5, 5.41) is 0. The molecule has 2 nitrogen and oxygen atoms in total. The average molecular weight is 230 g/mol. The Morgan fingerprint density at radius 1 is 0.647 bits per heavy atom. The first-order chi connectivity index (χ1) is 7.58. The third kappa shape index (κ3) is 6.46. The van der Waals surface area contributed by atoms with Gasteiger partial charge in [-0.1, -0.05) is 19.6 Å². The first-order valence-corrected chi connectivity index (χ1v) is 5.36. The summed E-state index contributed by atoms with van der Waals surface area (Å²) in [7, 11) is 0.